The molecule has 0 aromatic rings. The van der Waals surface area contributed by atoms with Gasteiger partial charge in [0.2, 0.25) is 0 Å². The highest BCUT2D eigenvalue weighted by atomic mass is 16.7. The van der Waals surface area contributed by atoms with E-state index in [-0.39, 0.29) is 18.2 Å². The van der Waals surface area contributed by atoms with Crippen LogP contribution in [-0.2, 0) is 28.5 Å². The Labute approximate surface area is 190 Å². The Kier molecular flexibility index (Phi) is 22.7. The summed E-state index contributed by atoms with van der Waals surface area (Å²) in [5.41, 5.74) is 0. The number of ether oxygens (including phenoxy) is 4. The predicted octanol–water partition coefficient (Wildman–Crippen LogP) is 6.34. The molecule has 0 bridgehead atoms. The Morgan fingerprint density at radius 1 is 0.581 bits per heavy atom. The average molecular weight is 445 g/mol. The summed E-state index contributed by atoms with van der Waals surface area (Å²) < 4.78 is 20.9. The Bertz CT molecular complexity index is 389. The van der Waals surface area contributed by atoms with Crippen LogP contribution in [0.5, 0.6) is 0 Å². The largest absolute Gasteiger partial charge is 0.469 e. The maximum Gasteiger partial charge on any atom is 0.305 e. The van der Waals surface area contributed by atoms with E-state index in [2.05, 4.69) is 16.4 Å². The highest BCUT2D eigenvalue weighted by molar-refractivity contribution is 5.69. The minimum atomic E-state index is -0.279. The molecule has 0 aliphatic heterocycles. The molecule has 0 aliphatic rings. The Morgan fingerprint density at radius 3 is 1.35 bits per heavy atom. The Balaban J connectivity index is 3.83. The fourth-order valence-corrected chi connectivity index (χ4v) is 3.43. The standard InChI is InChI=1S/C25H48O6/c1-4-5-6-7-8-9-10-11-12-13-14-15-20-25(30-21-16-18-23(26)28-2)31-22-17-19-24(27)29-3/h25H,4-22H2,1-3H3. The summed E-state index contributed by atoms with van der Waals surface area (Å²) in [7, 11) is 2.79. The summed E-state index contributed by atoms with van der Waals surface area (Å²) in [6.45, 7) is 3.20. The minimum absolute atomic E-state index is 0.222. The summed E-state index contributed by atoms with van der Waals surface area (Å²) >= 11 is 0. The van der Waals surface area contributed by atoms with Gasteiger partial charge in [0.1, 0.15) is 0 Å². The van der Waals surface area contributed by atoms with Crippen LogP contribution in [0.4, 0.5) is 0 Å². The molecule has 0 saturated carbocycles. The molecule has 0 aliphatic carbocycles. The van der Waals surface area contributed by atoms with Gasteiger partial charge in [-0.05, 0) is 25.7 Å². The van der Waals surface area contributed by atoms with E-state index in [0.29, 0.717) is 38.9 Å². The second kappa shape index (κ2) is 23.5. The second-order valence-corrected chi connectivity index (χ2v) is 8.21. The maximum absolute atomic E-state index is 11.2. The third-order valence-electron chi connectivity index (χ3n) is 5.41. The van der Waals surface area contributed by atoms with Crippen LogP contribution in [0.1, 0.15) is 116 Å². The van der Waals surface area contributed by atoms with Gasteiger partial charge in [0.25, 0.3) is 0 Å². The van der Waals surface area contributed by atoms with Gasteiger partial charge in [0.05, 0.1) is 27.4 Å². The number of rotatable bonds is 23. The van der Waals surface area contributed by atoms with Crippen molar-refractivity contribution in [2.45, 2.75) is 122 Å². The zero-order valence-electron chi connectivity index (χ0n) is 20.5. The topological polar surface area (TPSA) is 71.1 Å². The molecule has 0 aromatic carbocycles. The van der Waals surface area contributed by atoms with Gasteiger partial charge < -0.3 is 18.9 Å². The van der Waals surface area contributed by atoms with Crippen LogP contribution in [-0.4, -0.2) is 45.7 Å². The predicted molar refractivity (Wildman–Crippen MR) is 124 cm³/mol. The fraction of sp³-hybridized carbons (Fsp3) is 0.920. The first kappa shape index (κ1) is 29.9. The first-order valence-electron chi connectivity index (χ1n) is 12.5. The molecule has 0 heterocycles. The molecule has 0 saturated heterocycles. The fourth-order valence-electron chi connectivity index (χ4n) is 3.43. The molecule has 0 N–H and O–H groups in total. The van der Waals surface area contributed by atoms with E-state index < -0.39 is 0 Å². The number of esters is 2. The highest BCUT2D eigenvalue weighted by Crippen LogP contribution is 2.15. The van der Waals surface area contributed by atoms with Gasteiger partial charge >= 0.3 is 11.9 Å². The molecular formula is C25H48O6. The normalized spacial score (nSPS) is 11.1. The van der Waals surface area contributed by atoms with Crippen LogP contribution in [0, 0.1) is 0 Å². The Morgan fingerprint density at radius 2 is 0.968 bits per heavy atom. The van der Waals surface area contributed by atoms with E-state index in [0.717, 1.165) is 12.8 Å². The number of unbranched alkanes of at least 4 members (excludes halogenated alkanes) is 11. The molecule has 0 fully saturated rings. The summed E-state index contributed by atoms with van der Waals surface area (Å²) in [6.07, 6.45) is 18.3. The second-order valence-electron chi connectivity index (χ2n) is 8.21. The lowest BCUT2D eigenvalue weighted by Crippen LogP contribution is -2.19. The van der Waals surface area contributed by atoms with E-state index >= 15 is 0 Å². The van der Waals surface area contributed by atoms with Crippen LogP contribution in [0.2, 0.25) is 0 Å². The van der Waals surface area contributed by atoms with E-state index in [1.54, 1.807) is 0 Å². The Hall–Kier alpha value is -1.14. The van der Waals surface area contributed by atoms with Gasteiger partial charge in [0.15, 0.2) is 6.29 Å². The lowest BCUT2D eigenvalue weighted by molar-refractivity contribution is -0.154. The lowest BCUT2D eigenvalue weighted by atomic mass is 10.0. The molecule has 0 radical (unpaired) electrons. The van der Waals surface area contributed by atoms with Gasteiger partial charge in [-0.3, -0.25) is 9.59 Å². The number of carbonyl (C=O) groups is 2. The van der Waals surface area contributed by atoms with E-state index in [1.165, 1.54) is 84.8 Å². The highest BCUT2D eigenvalue weighted by Gasteiger charge is 2.11. The molecule has 0 rings (SSSR count). The van der Waals surface area contributed by atoms with Crippen molar-refractivity contribution in [1.82, 2.24) is 0 Å². The van der Waals surface area contributed by atoms with Crippen molar-refractivity contribution in [2.24, 2.45) is 0 Å². The summed E-state index contributed by atoms with van der Waals surface area (Å²) in [4.78, 5) is 22.4. The van der Waals surface area contributed by atoms with Crippen molar-refractivity contribution in [1.29, 1.82) is 0 Å². The zero-order valence-corrected chi connectivity index (χ0v) is 20.5. The molecule has 0 amide bonds. The van der Waals surface area contributed by atoms with Gasteiger partial charge in [0, 0.05) is 12.8 Å². The first-order valence-corrected chi connectivity index (χ1v) is 12.5. The van der Waals surface area contributed by atoms with Crippen molar-refractivity contribution in [3.8, 4) is 0 Å². The van der Waals surface area contributed by atoms with Crippen molar-refractivity contribution in [3.05, 3.63) is 0 Å². The van der Waals surface area contributed by atoms with E-state index in [9.17, 15) is 9.59 Å². The van der Waals surface area contributed by atoms with Crippen molar-refractivity contribution >= 4 is 11.9 Å². The van der Waals surface area contributed by atoms with Gasteiger partial charge in [-0.1, -0.05) is 77.6 Å². The molecule has 6 heteroatoms. The number of methoxy groups -OCH3 is 2. The summed E-state index contributed by atoms with van der Waals surface area (Å²) in [6, 6.07) is 0. The summed E-state index contributed by atoms with van der Waals surface area (Å²) in [5, 5.41) is 0. The molecule has 184 valence electrons. The quantitative estimate of drug-likeness (QED) is 0.104. The van der Waals surface area contributed by atoms with Crippen molar-refractivity contribution < 1.29 is 28.5 Å². The summed E-state index contributed by atoms with van der Waals surface area (Å²) in [5.74, 6) is -0.444. The van der Waals surface area contributed by atoms with Gasteiger partial charge in [-0.25, -0.2) is 0 Å². The minimum Gasteiger partial charge on any atom is -0.469 e. The molecular weight excluding hydrogens is 396 g/mol. The number of carbonyl (C=O) groups excluding carboxylic acids is 2. The molecule has 0 atom stereocenters. The number of hydrogen-bond donors (Lipinski definition) is 0. The maximum atomic E-state index is 11.2. The third kappa shape index (κ3) is 21.9. The van der Waals surface area contributed by atoms with Gasteiger partial charge in [-0.2, -0.15) is 0 Å². The van der Waals surface area contributed by atoms with Gasteiger partial charge in [-0.15, -0.1) is 0 Å². The van der Waals surface area contributed by atoms with E-state index in [4.69, 9.17) is 9.47 Å². The third-order valence-corrected chi connectivity index (χ3v) is 5.41. The van der Waals surface area contributed by atoms with Crippen LogP contribution in [0.3, 0.4) is 0 Å². The molecule has 0 unspecified atom stereocenters. The van der Waals surface area contributed by atoms with Crippen molar-refractivity contribution in [2.75, 3.05) is 27.4 Å². The van der Waals surface area contributed by atoms with Crippen LogP contribution < -0.4 is 0 Å². The zero-order chi connectivity index (χ0) is 23.0. The number of hydrogen-bond acceptors (Lipinski definition) is 6. The lowest BCUT2D eigenvalue weighted by Gasteiger charge is -2.18. The van der Waals surface area contributed by atoms with Crippen LogP contribution in [0.15, 0.2) is 0 Å². The molecule has 0 spiro atoms. The first-order chi connectivity index (χ1) is 15.1. The SMILES string of the molecule is CCCCCCCCCCCCCCC(OCCCC(=O)OC)OCCCC(=O)OC. The van der Waals surface area contributed by atoms with Crippen LogP contribution in [0.25, 0.3) is 0 Å². The average Bonchev–Trinajstić information content (AvgIpc) is 2.78. The van der Waals surface area contributed by atoms with Crippen molar-refractivity contribution in [3.63, 3.8) is 0 Å². The molecule has 6 nitrogen and oxygen atoms in total. The van der Waals surface area contributed by atoms with E-state index in [1.807, 2.05) is 0 Å². The molecule has 0 aromatic heterocycles. The monoisotopic (exact) mass is 444 g/mol. The molecule has 31 heavy (non-hydrogen) atoms. The van der Waals surface area contributed by atoms with Crippen LogP contribution >= 0.6 is 0 Å². The smallest absolute Gasteiger partial charge is 0.305 e.